The van der Waals surface area contributed by atoms with Crippen LogP contribution in [0.5, 0.6) is 0 Å². The van der Waals surface area contributed by atoms with Gasteiger partial charge in [-0.25, -0.2) is 4.79 Å². The van der Waals surface area contributed by atoms with Crippen molar-refractivity contribution in [1.82, 2.24) is 0 Å². The average molecular weight is 194 g/mol. The van der Waals surface area contributed by atoms with E-state index in [2.05, 4.69) is 16.1 Å². The van der Waals surface area contributed by atoms with E-state index in [0.717, 1.165) is 6.08 Å². The number of hydrogen-bond acceptors (Lipinski definition) is 5. The summed E-state index contributed by atoms with van der Waals surface area (Å²) < 4.78 is 8.47. The molecule has 0 radical (unpaired) electrons. The Balaban J connectivity index is 0. The van der Waals surface area contributed by atoms with Crippen LogP contribution in [0.2, 0.25) is 0 Å². The summed E-state index contributed by atoms with van der Waals surface area (Å²) in [5, 5.41) is 0. The van der Waals surface area contributed by atoms with Gasteiger partial charge >= 0.3 is 36.8 Å². The van der Waals surface area contributed by atoms with Crippen LogP contribution in [0.15, 0.2) is 12.7 Å². The maximum atomic E-state index is 10.7. The van der Waals surface area contributed by atoms with Crippen molar-refractivity contribution in [3.63, 3.8) is 0 Å². The number of ether oxygens (including phenoxy) is 2. The number of methoxy groups -OCH3 is 1. The molecule has 6 heteroatoms. The van der Waals surface area contributed by atoms with Gasteiger partial charge in [-0.3, -0.25) is 9.59 Å². The first-order chi connectivity index (χ1) is 6.10. The van der Waals surface area contributed by atoms with Gasteiger partial charge < -0.3 is 9.47 Å². The first-order valence-corrected chi connectivity index (χ1v) is 3.54. The summed E-state index contributed by atoms with van der Waals surface area (Å²) in [5.74, 6) is -2.12. The molecule has 0 aliphatic heterocycles. The second-order valence-corrected chi connectivity index (χ2v) is 2.07. The third-order valence-electron chi connectivity index (χ3n) is 1.14. The summed E-state index contributed by atoms with van der Waals surface area (Å²) in [4.78, 5) is 31.7. The Bertz CT molecular complexity index is 236. The normalized spacial score (nSPS) is 8.07. The molecular formula is C8H11LiO5. The average Bonchev–Trinajstić information content (AvgIpc) is 2.13. The molecule has 0 aliphatic carbocycles. The first kappa shape index (κ1) is 15.4. The molecule has 0 atom stereocenters. The molecule has 74 valence electrons. The number of hydrogen-bond donors (Lipinski definition) is 0. The van der Waals surface area contributed by atoms with Crippen molar-refractivity contribution in [1.29, 1.82) is 0 Å². The molecule has 0 aromatic heterocycles. The van der Waals surface area contributed by atoms with E-state index in [1.807, 2.05) is 0 Å². The van der Waals surface area contributed by atoms with E-state index in [-0.39, 0.29) is 31.7 Å². The van der Waals surface area contributed by atoms with Gasteiger partial charge in [0.25, 0.3) is 0 Å². The van der Waals surface area contributed by atoms with Crippen molar-refractivity contribution >= 4 is 36.8 Å². The molecular weight excluding hydrogens is 183 g/mol. The second-order valence-electron chi connectivity index (χ2n) is 2.07. The molecule has 0 spiro atoms. The SMILES string of the molecule is C=CC(=O)OC(=O)CCC(=O)OC.[LiH]. The van der Waals surface area contributed by atoms with Gasteiger partial charge in [-0.1, -0.05) is 6.58 Å². The Morgan fingerprint density at radius 3 is 2.14 bits per heavy atom. The molecule has 0 fully saturated rings. The van der Waals surface area contributed by atoms with Crippen LogP contribution in [-0.2, 0) is 23.9 Å². The van der Waals surface area contributed by atoms with Gasteiger partial charge in [0.15, 0.2) is 0 Å². The van der Waals surface area contributed by atoms with Crippen molar-refractivity contribution < 1.29 is 23.9 Å². The van der Waals surface area contributed by atoms with Crippen LogP contribution in [0.3, 0.4) is 0 Å². The van der Waals surface area contributed by atoms with Gasteiger partial charge in [0.05, 0.1) is 20.0 Å². The van der Waals surface area contributed by atoms with Gasteiger partial charge in [0, 0.05) is 6.08 Å². The number of carbonyl (C=O) groups is 3. The van der Waals surface area contributed by atoms with Gasteiger partial charge in [-0.05, 0) is 0 Å². The summed E-state index contributed by atoms with van der Waals surface area (Å²) in [6.07, 6.45) is 0.599. The summed E-state index contributed by atoms with van der Waals surface area (Å²) >= 11 is 0. The molecule has 0 aliphatic rings. The van der Waals surface area contributed by atoms with E-state index in [0.29, 0.717) is 0 Å². The minimum absolute atomic E-state index is 0. The van der Waals surface area contributed by atoms with E-state index in [4.69, 9.17) is 0 Å². The third-order valence-corrected chi connectivity index (χ3v) is 1.14. The van der Waals surface area contributed by atoms with Crippen molar-refractivity contribution in [2.24, 2.45) is 0 Å². The number of esters is 3. The standard InChI is InChI=1S/C8H10O5.Li.H/c1-3-6(9)13-8(11)5-4-7(10)12-2;;/h3H,1,4-5H2,2H3;;. The van der Waals surface area contributed by atoms with E-state index in [9.17, 15) is 14.4 Å². The predicted molar refractivity (Wildman–Crippen MR) is 49.7 cm³/mol. The Morgan fingerprint density at radius 2 is 1.71 bits per heavy atom. The number of carbonyl (C=O) groups excluding carboxylic acids is 3. The molecule has 0 heterocycles. The van der Waals surface area contributed by atoms with Gasteiger partial charge in [0.2, 0.25) is 0 Å². The second kappa shape index (κ2) is 8.54. The van der Waals surface area contributed by atoms with Crippen LogP contribution in [0.1, 0.15) is 12.8 Å². The van der Waals surface area contributed by atoms with Gasteiger partial charge in [-0.2, -0.15) is 0 Å². The van der Waals surface area contributed by atoms with Crippen LogP contribution in [-0.4, -0.2) is 43.9 Å². The molecule has 14 heavy (non-hydrogen) atoms. The topological polar surface area (TPSA) is 69.7 Å². The first-order valence-electron chi connectivity index (χ1n) is 3.54. The fraction of sp³-hybridized carbons (Fsp3) is 0.375. The van der Waals surface area contributed by atoms with Crippen molar-refractivity contribution in [3.05, 3.63) is 12.7 Å². The molecule has 0 aromatic carbocycles. The zero-order valence-corrected chi connectivity index (χ0v) is 7.24. The van der Waals surface area contributed by atoms with E-state index < -0.39 is 17.9 Å². The quantitative estimate of drug-likeness (QED) is 0.262. The summed E-state index contributed by atoms with van der Waals surface area (Å²) in [6, 6.07) is 0. The van der Waals surface area contributed by atoms with Gasteiger partial charge in [0.1, 0.15) is 0 Å². The number of rotatable bonds is 4. The fourth-order valence-corrected chi connectivity index (χ4v) is 0.511. The van der Waals surface area contributed by atoms with Crippen molar-refractivity contribution in [2.75, 3.05) is 7.11 Å². The van der Waals surface area contributed by atoms with E-state index in [1.165, 1.54) is 7.11 Å². The molecule has 0 unspecified atom stereocenters. The Morgan fingerprint density at radius 1 is 1.21 bits per heavy atom. The third kappa shape index (κ3) is 7.59. The van der Waals surface area contributed by atoms with Crippen LogP contribution in [0.4, 0.5) is 0 Å². The molecule has 0 aromatic rings. The molecule has 0 N–H and O–H groups in total. The maximum absolute atomic E-state index is 10.7. The van der Waals surface area contributed by atoms with Gasteiger partial charge in [-0.15, -0.1) is 0 Å². The van der Waals surface area contributed by atoms with E-state index >= 15 is 0 Å². The zero-order valence-electron chi connectivity index (χ0n) is 7.24. The van der Waals surface area contributed by atoms with Crippen molar-refractivity contribution in [3.8, 4) is 0 Å². The minimum atomic E-state index is -0.824. The molecule has 5 nitrogen and oxygen atoms in total. The monoisotopic (exact) mass is 194 g/mol. The van der Waals surface area contributed by atoms with Crippen molar-refractivity contribution in [2.45, 2.75) is 12.8 Å². The Labute approximate surface area is 93.6 Å². The summed E-state index contributed by atoms with van der Waals surface area (Å²) in [5.41, 5.74) is 0. The molecule has 0 bridgehead atoms. The Kier molecular flexibility index (Phi) is 9.41. The molecule has 0 rings (SSSR count). The van der Waals surface area contributed by atoms with Crippen LogP contribution < -0.4 is 0 Å². The molecule has 0 saturated heterocycles. The zero-order chi connectivity index (χ0) is 10.3. The van der Waals surface area contributed by atoms with Crippen LogP contribution in [0.25, 0.3) is 0 Å². The summed E-state index contributed by atoms with van der Waals surface area (Å²) in [6.45, 7) is 3.11. The van der Waals surface area contributed by atoms with Crippen LogP contribution in [0, 0.1) is 0 Å². The van der Waals surface area contributed by atoms with Crippen LogP contribution >= 0.6 is 0 Å². The van der Waals surface area contributed by atoms with E-state index in [1.54, 1.807) is 0 Å². The predicted octanol–water partition coefficient (Wildman–Crippen LogP) is -0.453. The fourth-order valence-electron chi connectivity index (χ4n) is 0.511. The Hall–Kier alpha value is -1.05. The molecule has 0 saturated carbocycles. The molecule has 0 amide bonds. The summed E-state index contributed by atoms with van der Waals surface area (Å²) in [7, 11) is 1.21.